The zero-order chi connectivity index (χ0) is 26.7. The van der Waals surface area contributed by atoms with Gasteiger partial charge in [0.25, 0.3) is 5.82 Å². The van der Waals surface area contributed by atoms with Crippen LogP contribution >= 0.6 is 0 Å². The van der Waals surface area contributed by atoms with Crippen LogP contribution in [0.1, 0.15) is 26.7 Å². The number of aromatic nitrogens is 2. The zero-order valence-electron chi connectivity index (χ0n) is 20.0. The van der Waals surface area contributed by atoms with E-state index in [2.05, 4.69) is 15.2 Å². The number of ether oxygens (including phenoxy) is 2. The fourth-order valence-electron chi connectivity index (χ4n) is 3.81. The molecule has 1 aliphatic heterocycles. The van der Waals surface area contributed by atoms with Crippen molar-refractivity contribution in [2.45, 2.75) is 39.2 Å². The predicted molar refractivity (Wildman–Crippen MR) is 124 cm³/mol. The van der Waals surface area contributed by atoms with E-state index in [0.29, 0.717) is 23.4 Å². The smallest absolute Gasteiger partial charge is 0.488 e. The second-order valence-corrected chi connectivity index (χ2v) is 8.65. The predicted octanol–water partition coefficient (Wildman–Crippen LogP) is 3.61. The Balaban J connectivity index is 1.74. The lowest BCUT2D eigenvalue weighted by Gasteiger charge is -2.15. The molecule has 0 radical (unpaired) electrons. The van der Waals surface area contributed by atoms with Gasteiger partial charge in [-0.25, -0.2) is 19.2 Å². The average molecular weight is 521 g/mol. The van der Waals surface area contributed by atoms with Crippen molar-refractivity contribution in [2.75, 3.05) is 6.54 Å². The second-order valence-electron chi connectivity index (χ2n) is 8.65. The molecule has 3 N–H and O–H groups in total. The van der Waals surface area contributed by atoms with Gasteiger partial charge in [0.15, 0.2) is 11.6 Å². The van der Waals surface area contributed by atoms with Crippen LogP contribution < -0.4 is 20.1 Å². The van der Waals surface area contributed by atoms with Crippen LogP contribution in [0.25, 0.3) is 16.9 Å². The molecule has 2 heterocycles. The van der Waals surface area contributed by atoms with E-state index >= 15 is 0 Å². The summed E-state index contributed by atoms with van der Waals surface area (Å²) in [5.41, 5.74) is 1.00. The van der Waals surface area contributed by atoms with Crippen LogP contribution in [-0.4, -0.2) is 40.6 Å². The van der Waals surface area contributed by atoms with Crippen LogP contribution in [0.5, 0.6) is 11.5 Å². The summed E-state index contributed by atoms with van der Waals surface area (Å²) in [5, 5.41) is 8.33. The fraction of sp³-hybridized carbons (Fsp3) is 0.320. The molecule has 0 aliphatic carbocycles. The molecule has 37 heavy (non-hydrogen) atoms. The van der Waals surface area contributed by atoms with E-state index in [0.717, 1.165) is 6.07 Å². The van der Waals surface area contributed by atoms with Crippen LogP contribution in [0.2, 0.25) is 0 Å². The maximum atomic E-state index is 14.4. The van der Waals surface area contributed by atoms with E-state index in [-0.39, 0.29) is 42.5 Å². The molecular formula is C25H25F4N4O4+. The van der Waals surface area contributed by atoms with Gasteiger partial charge in [-0.05, 0) is 37.6 Å². The number of carbonyl (C=O) groups excluding carboxylic acids is 2. The Labute approximate surface area is 209 Å². The average Bonchev–Trinajstić information content (AvgIpc) is 3.46. The molecule has 1 aromatic heterocycles. The van der Waals surface area contributed by atoms with Gasteiger partial charge in [-0.15, -0.1) is 18.3 Å². The van der Waals surface area contributed by atoms with E-state index in [1.807, 2.05) is 6.92 Å². The Hall–Kier alpha value is -3.93. The number of rotatable bonds is 8. The minimum Gasteiger partial charge on any atom is -0.488 e. The number of nitrogens with one attached hydrogen (secondary N) is 1. The molecule has 0 saturated carbocycles. The lowest BCUT2D eigenvalue weighted by molar-refractivity contribution is -0.491. The van der Waals surface area contributed by atoms with Crippen LogP contribution in [0.15, 0.2) is 48.5 Å². The number of hydrogen-bond donors (Lipinski definition) is 2. The zero-order valence-corrected chi connectivity index (χ0v) is 20.0. The number of hydrogen-bond acceptors (Lipinski definition) is 5. The first kappa shape index (κ1) is 26.1. The number of benzene rings is 2. The summed E-state index contributed by atoms with van der Waals surface area (Å²) >= 11 is 0. The van der Waals surface area contributed by atoms with Crippen molar-refractivity contribution in [1.82, 2.24) is 15.1 Å². The van der Waals surface area contributed by atoms with Crippen molar-refractivity contribution < 1.29 is 41.9 Å². The first-order valence-electron chi connectivity index (χ1n) is 11.6. The van der Waals surface area contributed by atoms with Crippen molar-refractivity contribution in [1.29, 1.82) is 0 Å². The third kappa shape index (κ3) is 6.45. The third-order valence-corrected chi connectivity index (χ3v) is 5.82. The molecule has 196 valence electrons. The summed E-state index contributed by atoms with van der Waals surface area (Å²) in [6.45, 7) is 3.90. The normalized spacial score (nSPS) is 16.4. The molecular weight excluding hydrogens is 496 g/mol. The van der Waals surface area contributed by atoms with Crippen molar-refractivity contribution in [3.63, 3.8) is 0 Å². The van der Waals surface area contributed by atoms with Crippen molar-refractivity contribution in [3.05, 3.63) is 54.3 Å². The first-order chi connectivity index (χ1) is 17.5. The minimum absolute atomic E-state index is 0.0143. The molecule has 4 rings (SSSR count). The Bertz CT molecular complexity index is 1310. The minimum atomic E-state index is -4.88. The lowest BCUT2D eigenvalue weighted by Crippen LogP contribution is -2.84. The van der Waals surface area contributed by atoms with Crippen molar-refractivity contribution in [2.24, 2.45) is 5.92 Å². The van der Waals surface area contributed by atoms with Gasteiger partial charge in [-0.1, -0.05) is 19.1 Å². The molecule has 1 saturated heterocycles. The Morgan fingerprint density at radius 3 is 2.70 bits per heavy atom. The van der Waals surface area contributed by atoms with Crippen molar-refractivity contribution in [3.8, 4) is 28.4 Å². The summed E-state index contributed by atoms with van der Waals surface area (Å²) < 4.78 is 63.9. The first-order valence-corrected chi connectivity index (χ1v) is 11.6. The molecule has 1 unspecified atom stereocenters. The molecule has 1 fully saturated rings. The van der Waals surface area contributed by atoms with E-state index in [1.54, 1.807) is 13.0 Å². The Morgan fingerprint density at radius 2 is 2.03 bits per heavy atom. The molecule has 3 aromatic rings. The summed E-state index contributed by atoms with van der Waals surface area (Å²) in [6, 6.07) is 10.9. The largest absolute Gasteiger partial charge is 0.573 e. The van der Waals surface area contributed by atoms with Crippen LogP contribution in [0.4, 0.5) is 23.4 Å². The number of halogens is 4. The quantitative estimate of drug-likeness (QED) is 0.442. The van der Waals surface area contributed by atoms with E-state index in [9.17, 15) is 27.2 Å². The van der Waals surface area contributed by atoms with E-state index < -0.39 is 23.8 Å². The van der Waals surface area contributed by atoms with Gasteiger partial charge in [0.05, 0.1) is 17.5 Å². The van der Waals surface area contributed by atoms with Gasteiger partial charge in [0.2, 0.25) is 5.91 Å². The second kappa shape index (κ2) is 10.6. The molecule has 2 aromatic carbocycles. The Kier molecular flexibility index (Phi) is 7.48. The van der Waals surface area contributed by atoms with Gasteiger partial charge in [0, 0.05) is 30.7 Å². The van der Waals surface area contributed by atoms with Crippen LogP contribution in [-0.2, 0) is 9.59 Å². The van der Waals surface area contributed by atoms with Gasteiger partial charge in [-0.2, -0.15) is 0 Å². The monoisotopic (exact) mass is 521 g/mol. The maximum Gasteiger partial charge on any atom is 0.573 e. The number of nitrogens with two attached hydrogens (primary N) is 1. The topological polar surface area (TPSA) is 99.1 Å². The van der Waals surface area contributed by atoms with Gasteiger partial charge >= 0.3 is 12.3 Å². The molecule has 2 amide bonds. The maximum absolute atomic E-state index is 14.4. The van der Waals surface area contributed by atoms with E-state index in [4.69, 9.17) is 4.74 Å². The molecule has 8 nitrogen and oxygen atoms in total. The number of nitrogens with zero attached hydrogens (tertiary/aromatic N) is 2. The van der Waals surface area contributed by atoms with Gasteiger partial charge < -0.3 is 14.8 Å². The number of amides is 2. The highest BCUT2D eigenvalue weighted by Crippen LogP contribution is 2.32. The highest BCUT2D eigenvalue weighted by atomic mass is 19.4. The summed E-state index contributed by atoms with van der Waals surface area (Å²) in [5.74, 6) is -1.89. The number of primary amides is 1. The highest BCUT2D eigenvalue weighted by molar-refractivity contribution is 5.86. The molecule has 2 atom stereocenters. The third-order valence-electron chi connectivity index (χ3n) is 5.82. The fourth-order valence-corrected chi connectivity index (χ4v) is 3.81. The molecule has 12 heteroatoms. The van der Waals surface area contributed by atoms with Crippen LogP contribution in [0, 0.1) is 11.7 Å². The Morgan fingerprint density at radius 1 is 1.24 bits per heavy atom. The standard InChI is InChI=1S/C25H24F4N4O4/c1-3-14(2)36-21-11-17(7-8-19(21)26)33-20(15-5-4-6-18(9-15)37-25(27,28)29)12-22(32-33)31-24(35)16-10-23(34)30-13-16/h4-9,11-12,14,16H,3,10,13H2,1-2H3,(H,30,34)(H,31,32,35)/p+1/t14?,16-/m0/s1. The molecule has 0 bridgehead atoms. The molecule has 1 aliphatic rings. The van der Waals surface area contributed by atoms with Gasteiger partial charge in [-0.3, -0.25) is 4.79 Å². The lowest BCUT2D eigenvalue weighted by atomic mass is 10.1. The SMILES string of the molecule is CCC(C)Oc1cc(-n2nc([NH2+]C(=O)[C@@H]3CNC(=O)C3)cc2-c2cccc(OC(F)(F)F)c2)ccc1F. The number of carbonyl (C=O) groups is 2. The van der Waals surface area contributed by atoms with Gasteiger partial charge in [0.1, 0.15) is 11.7 Å². The highest BCUT2D eigenvalue weighted by Gasteiger charge is 2.33. The van der Waals surface area contributed by atoms with Crippen molar-refractivity contribution >= 4 is 17.6 Å². The summed E-state index contributed by atoms with van der Waals surface area (Å²) in [4.78, 5) is 24.2. The summed E-state index contributed by atoms with van der Waals surface area (Å²) in [6.07, 6.45) is -4.44. The molecule has 0 spiro atoms. The van der Waals surface area contributed by atoms with E-state index in [1.165, 1.54) is 46.4 Å². The van der Waals surface area contributed by atoms with Crippen LogP contribution in [0.3, 0.4) is 0 Å². The number of quaternary nitrogens is 1. The summed E-state index contributed by atoms with van der Waals surface area (Å²) in [7, 11) is 0. The number of alkyl halides is 3.